The lowest BCUT2D eigenvalue weighted by atomic mass is 9.87. The average molecular weight is 357 g/mol. The second-order valence-corrected chi connectivity index (χ2v) is 6.83. The molecule has 2 aliphatic rings. The van der Waals surface area contributed by atoms with Crippen LogP contribution in [0.1, 0.15) is 22.3 Å². The third kappa shape index (κ3) is 1.84. The number of likely N-dealkylation sites (tertiary alicyclic amines) is 1. The van der Waals surface area contributed by atoms with E-state index in [1.54, 1.807) is 36.5 Å². The fourth-order valence-corrected chi connectivity index (χ4v) is 4.22. The second-order valence-electron chi connectivity index (χ2n) is 6.83. The first kappa shape index (κ1) is 15.7. The number of amides is 3. The van der Waals surface area contributed by atoms with Crippen molar-refractivity contribution in [1.82, 2.24) is 9.88 Å². The third-order valence-electron chi connectivity index (χ3n) is 5.48. The van der Waals surface area contributed by atoms with Crippen molar-refractivity contribution < 1.29 is 14.4 Å². The van der Waals surface area contributed by atoms with Crippen molar-refractivity contribution in [3.05, 3.63) is 71.9 Å². The quantitative estimate of drug-likeness (QED) is 0.628. The van der Waals surface area contributed by atoms with Gasteiger partial charge < -0.3 is 0 Å². The highest BCUT2D eigenvalue weighted by Crippen LogP contribution is 2.49. The van der Waals surface area contributed by atoms with Crippen LogP contribution in [0.15, 0.2) is 60.8 Å². The number of para-hydroxylation sites is 1. The van der Waals surface area contributed by atoms with Gasteiger partial charge in [0.05, 0.1) is 17.6 Å². The number of nitrogens with zero attached hydrogens (tertiary/aromatic N) is 3. The van der Waals surface area contributed by atoms with Gasteiger partial charge in [-0.2, -0.15) is 0 Å². The van der Waals surface area contributed by atoms with Gasteiger partial charge in [-0.15, -0.1) is 0 Å². The second kappa shape index (κ2) is 5.23. The van der Waals surface area contributed by atoms with Crippen LogP contribution in [0, 0.1) is 0 Å². The maximum atomic E-state index is 13.4. The normalized spacial score (nSPS) is 21.6. The molecule has 1 saturated heterocycles. The Balaban J connectivity index is 1.85. The molecular weight excluding hydrogens is 342 g/mol. The minimum absolute atomic E-state index is 0.0751. The first-order chi connectivity index (χ1) is 13.1. The summed E-state index contributed by atoms with van der Waals surface area (Å²) >= 11 is 0. The standard InChI is InChI=1S/C21H15N3O3/c1-23-17(25)12-21(20(23)27)15-9-3-2-8-14(15)19(26)24(21)16-10-4-6-13-7-5-11-22-18(13)16/h2-11H,12H2,1H3/t21-/m0/s1. The molecule has 6 nitrogen and oxygen atoms in total. The molecule has 5 rings (SSSR count). The molecule has 0 saturated carbocycles. The Labute approximate surface area is 155 Å². The highest BCUT2D eigenvalue weighted by atomic mass is 16.2. The van der Waals surface area contributed by atoms with Crippen LogP contribution in [0.4, 0.5) is 5.69 Å². The van der Waals surface area contributed by atoms with Crippen molar-refractivity contribution in [2.45, 2.75) is 12.0 Å². The number of likely N-dealkylation sites (N-methyl/N-ethyl adjacent to an activating group) is 1. The largest absolute Gasteiger partial charge is 0.286 e. The molecule has 1 aromatic heterocycles. The van der Waals surface area contributed by atoms with Crippen LogP contribution < -0.4 is 4.90 Å². The van der Waals surface area contributed by atoms with E-state index in [1.807, 2.05) is 24.3 Å². The summed E-state index contributed by atoms with van der Waals surface area (Å²) in [6.45, 7) is 0. The molecule has 1 fully saturated rings. The molecular formula is C21H15N3O3. The van der Waals surface area contributed by atoms with Crippen molar-refractivity contribution in [1.29, 1.82) is 0 Å². The number of benzene rings is 2. The number of aromatic nitrogens is 1. The Morgan fingerprint density at radius 3 is 2.52 bits per heavy atom. The van der Waals surface area contributed by atoms with Gasteiger partial charge in [-0.3, -0.25) is 29.2 Å². The summed E-state index contributed by atoms with van der Waals surface area (Å²) in [4.78, 5) is 46.1. The van der Waals surface area contributed by atoms with Gasteiger partial charge in [-0.1, -0.05) is 36.4 Å². The fourth-order valence-electron chi connectivity index (χ4n) is 4.22. The van der Waals surface area contributed by atoms with E-state index in [0.29, 0.717) is 22.3 Å². The molecule has 0 bridgehead atoms. The van der Waals surface area contributed by atoms with E-state index in [4.69, 9.17) is 0 Å². The van der Waals surface area contributed by atoms with Crippen LogP contribution >= 0.6 is 0 Å². The number of hydrogen-bond donors (Lipinski definition) is 0. The molecule has 0 aliphatic carbocycles. The van der Waals surface area contributed by atoms with Gasteiger partial charge in [0, 0.05) is 29.8 Å². The maximum absolute atomic E-state index is 13.4. The van der Waals surface area contributed by atoms with Gasteiger partial charge >= 0.3 is 0 Å². The summed E-state index contributed by atoms with van der Waals surface area (Å²) < 4.78 is 0. The lowest BCUT2D eigenvalue weighted by Gasteiger charge is -2.33. The molecule has 0 radical (unpaired) electrons. The predicted molar refractivity (Wildman–Crippen MR) is 99.1 cm³/mol. The monoisotopic (exact) mass is 357 g/mol. The average Bonchev–Trinajstić information content (AvgIpc) is 3.08. The molecule has 2 aromatic carbocycles. The SMILES string of the molecule is CN1C(=O)C[C@@]2(C1=O)c1ccccc1C(=O)N2c1cccc2cccnc12. The Kier molecular flexibility index (Phi) is 3.04. The summed E-state index contributed by atoms with van der Waals surface area (Å²) in [7, 11) is 1.46. The van der Waals surface area contributed by atoms with E-state index in [-0.39, 0.29) is 18.2 Å². The number of carbonyl (C=O) groups excluding carboxylic acids is 3. The maximum Gasteiger partial charge on any atom is 0.260 e. The molecule has 132 valence electrons. The molecule has 2 aliphatic heterocycles. The smallest absolute Gasteiger partial charge is 0.260 e. The Morgan fingerprint density at radius 2 is 1.74 bits per heavy atom. The van der Waals surface area contributed by atoms with Gasteiger partial charge in [0.2, 0.25) is 5.91 Å². The van der Waals surface area contributed by atoms with E-state index >= 15 is 0 Å². The number of rotatable bonds is 1. The van der Waals surface area contributed by atoms with Crippen molar-refractivity contribution in [2.24, 2.45) is 0 Å². The Bertz CT molecular complexity index is 1150. The zero-order valence-electron chi connectivity index (χ0n) is 14.5. The van der Waals surface area contributed by atoms with Crippen LogP contribution in [-0.2, 0) is 15.1 Å². The number of imide groups is 1. The number of carbonyl (C=O) groups is 3. The molecule has 0 unspecified atom stereocenters. The van der Waals surface area contributed by atoms with Gasteiger partial charge in [0.25, 0.3) is 11.8 Å². The van der Waals surface area contributed by atoms with E-state index in [2.05, 4.69) is 4.98 Å². The van der Waals surface area contributed by atoms with E-state index < -0.39 is 11.4 Å². The molecule has 3 amide bonds. The van der Waals surface area contributed by atoms with E-state index in [1.165, 1.54) is 11.9 Å². The zero-order chi connectivity index (χ0) is 18.8. The first-order valence-electron chi connectivity index (χ1n) is 8.64. The van der Waals surface area contributed by atoms with Crippen LogP contribution in [0.2, 0.25) is 0 Å². The van der Waals surface area contributed by atoms with Gasteiger partial charge in [0.1, 0.15) is 0 Å². The minimum atomic E-state index is -1.36. The molecule has 1 atom stereocenters. The lowest BCUT2D eigenvalue weighted by Crippen LogP contribution is -2.49. The van der Waals surface area contributed by atoms with Crippen LogP contribution in [0.3, 0.4) is 0 Å². The summed E-state index contributed by atoms with van der Waals surface area (Å²) in [6.07, 6.45) is 1.58. The number of hydrogen-bond acceptors (Lipinski definition) is 4. The van der Waals surface area contributed by atoms with Crippen molar-refractivity contribution in [2.75, 3.05) is 11.9 Å². The van der Waals surface area contributed by atoms with Gasteiger partial charge in [-0.25, -0.2) is 0 Å². The van der Waals surface area contributed by atoms with Crippen LogP contribution in [0.25, 0.3) is 10.9 Å². The molecule has 6 heteroatoms. The number of pyridine rings is 1. The zero-order valence-corrected chi connectivity index (χ0v) is 14.5. The highest BCUT2D eigenvalue weighted by molar-refractivity contribution is 6.24. The van der Waals surface area contributed by atoms with Gasteiger partial charge in [-0.05, 0) is 18.2 Å². The van der Waals surface area contributed by atoms with E-state index in [9.17, 15) is 14.4 Å². The van der Waals surface area contributed by atoms with Crippen molar-refractivity contribution in [3.63, 3.8) is 0 Å². The molecule has 0 N–H and O–H groups in total. The third-order valence-corrected chi connectivity index (χ3v) is 5.48. The summed E-state index contributed by atoms with van der Waals surface area (Å²) in [5, 5.41) is 0.860. The first-order valence-corrected chi connectivity index (χ1v) is 8.64. The minimum Gasteiger partial charge on any atom is -0.286 e. The predicted octanol–water partition coefficient (Wildman–Crippen LogP) is 2.48. The van der Waals surface area contributed by atoms with Gasteiger partial charge in [0.15, 0.2) is 5.54 Å². The molecule has 3 aromatic rings. The molecule has 3 heterocycles. The number of anilines is 1. The van der Waals surface area contributed by atoms with Crippen LogP contribution in [-0.4, -0.2) is 34.7 Å². The number of fused-ring (bicyclic) bond motifs is 3. The fraction of sp³-hybridized carbons (Fsp3) is 0.143. The van der Waals surface area contributed by atoms with Crippen molar-refractivity contribution >= 4 is 34.3 Å². The van der Waals surface area contributed by atoms with E-state index in [0.717, 1.165) is 10.3 Å². The Morgan fingerprint density at radius 1 is 0.963 bits per heavy atom. The molecule has 27 heavy (non-hydrogen) atoms. The van der Waals surface area contributed by atoms with Crippen molar-refractivity contribution in [3.8, 4) is 0 Å². The van der Waals surface area contributed by atoms with Crippen LogP contribution in [0.5, 0.6) is 0 Å². The highest BCUT2D eigenvalue weighted by Gasteiger charge is 2.62. The summed E-state index contributed by atoms with van der Waals surface area (Å²) in [5.74, 6) is -0.985. The lowest BCUT2D eigenvalue weighted by molar-refractivity contribution is -0.138. The Hall–Kier alpha value is -3.54. The topological polar surface area (TPSA) is 70.6 Å². The molecule has 1 spiro atoms. The summed E-state index contributed by atoms with van der Waals surface area (Å²) in [5.41, 5.74) is 0.819. The summed E-state index contributed by atoms with van der Waals surface area (Å²) in [6, 6.07) is 16.2.